The molecule has 5 nitrogen and oxygen atoms in total. The average Bonchev–Trinajstić information content (AvgIpc) is 3.97. The lowest BCUT2D eigenvalue weighted by Gasteiger charge is -2.11. The lowest BCUT2D eigenvalue weighted by atomic mass is 10.0. The number of hydrogen-bond acceptors (Lipinski definition) is 5. The maximum atomic E-state index is 6.91. The van der Waals surface area contributed by atoms with Gasteiger partial charge in [0, 0.05) is 64.1 Å². The predicted molar refractivity (Wildman–Crippen MR) is 236 cm³/mol. The molecule has 4 heterocycles. The fraction of sp³-hybridized carbons (Fsp3) is 0. The minimum absolute atomic E-state index is 0.593. The third kappa shape index (κ3) is 4.98. The minimum atomic E-state index is 0.593. The summed E-state index contributed by atoms with van der Waals surface area (Å²) in [5.41, 5.74) is 9.94. The van der Waals surface area contributed by atoms with Crippen LogP contribution in [0.25, 0.3) is 115 Å². The molecule has 0 N–H and O–H groups in total. The molecule has 0 saturated heterocycles. The van der Waals surface area contributed by atoms with Crippen LogP contribution in [0.1, 0.15) is 0 Å². The number of benzene rings is 8. The van der Waals surface area contributed by atoms with Crippen molar-refractivity contribution >= 4 is 75.3 Å². The summed E-state index contributed by atoms with van der Waals surface area (Å²) in [6.45, 7) is 0. The van der Waals surface area contributed by atoms with Crippen LogP contribution in [-0.4, -0.2) is 19.5 Å². The van der Waals surface area contributed by atoms with E-state index in [0.29, 0.717) is 17.5 Å². The Labute approximate surface area is 330 Å². The Morgan fingerprint density at radius 2 is 1.00 bits per heavy atom. The normalized spacial score (nSPS) is 11.9. The van der Waals surface area contributed by atoms with E-state index in [-0.39, 0.29) is 0 Å². The molecule has 0 amide bonds. The number of rotatable bonds is 5. The van der Waals surface area contributed by atoms with Crippen molar-refractivity contribution in [3.05, 3.63) is 182 Å². The molecule has 0 unspecified atom stereocenters. The molecule has 0 saturated carbocycles. The fourth-order valence-electron chi connectivity index (χ4n) is 8.51. The van der Waals surface area contributed by atoms with E-state index in [9.17, 15) is 0 Å². The van der Waals surface area contributed by atoms with E-state index < -0.39 is 0 Å². The molecule has 12 rings (SSSR count). The number of para-hydroxylation sites is 2. The zero-order chi connectivity index (χ0) is 37.5. The van der Waals surface area contributed by atoms with E-state index in [0.717, 1.165) is 77.2 Å². The summed E-state index contributed by atoms with van der Waals surface area (Å²) < 4.78 is 11.7. The van der Waals surface area contributed by atoms with Crippen LogP contribution in [0.4, 0.5) is 0 Å². The molecule has 266 valence electrons. The summed E-state index contributed by atoms with van der Waals surface area (Å²) in [5.74, 6) is 1.84. The van der Waals surface area contributed by atoms with Gasteiger partial charge in [-0.1, -0.05) is 140 Å². The highest BCUT2D eigenvalue weighted by Crippen LogP contribution is 2.44. The number of aromatic nitrogens is 4. The van der Waals surface area contributed by atoms with E-state index in [4.69, 9.17) is 19.4 Å². The maximum Gasteiger partial charge on any atom is 0.164 e. The topological polar surface area (TPSA) is 56.7 Å². The first kappa shape index (κ1) is 31.9. The number of furan rings is 1. The second kappa shape index (κ2) is 12.6. The van der Waals surface area contributed by atoms with Gasteiger partial charge in [-0.25, -0.2) is 15.0 Å². The molecule has 8 aromatic carbocycles. The third-order valence-electron chi connectivity index (χ3n) is 11.1. The van der Waals surface area contributed by atoms with Gasteiger partial charge in [0.25, 0.3) is 0 Å². The summed E-state index contributed by atoms with van der Waals surface area (Å²) in [6, 6.07) is 63.6. The summed E-state index contributed by atoms with van der Waals surface area (Å²) in [7, 11) is 0. The Hall–Kier alpha value is -7.41. The van der Waals surface area contributed by atoms with Crippen LogP contribution in [0.3, 0.4) is 0 Å². The highest BCUT2D eigenvalue weighted by Gasteiger charge is 2.23. The van der Waals surface area contributed by atoms with Crippen molar-refractivity contribution < 1.29 is 4.42 Å². The van der Waals surface area contributed by atoms with E-state index >= 15 is 0 Å². The molecule has 0 spiro atoms. The molecular weight excluding hydrogens is 717 g/mol. The minimum Gasteiger partial charge on any atom is -0.454 e. The Morgan fingerprint density at radius 3 is 1.81 bits per heavy atom. The van der Waals surface area contributed by atoms with Gasteiger partial charge in [-0.2, -0.15) is 0 Å². The molecule has 0 aliphatic rings. The van der Waals surface area contributed by atoms with Crippen molar-refractivity contribution in [2.75, 3.05) is 0 Å². The zero-order valence-electron chi connectivity index (χ0n) is 30.4. The molecule has 0 aliphatic carbocycles. The fourth-order valence-corrected chi connectivity index (χ4v) is 9.64. The number of hydrogen-bond donors (Lipinski definition) is 0. The van der Waals surface area contributed by atoms with Gasteiger partial charge >= 0.3 is 0 Å². The monoisotopic (exact) mass is 746 g/mol. The van der Waals surface area contributed by atoms with E-state index in [1.807, 2.05) is 18.2 Å². The second-order valence-corrected chi connectivity index (χ2v) is 15.4. The Morgan fingerprint density at radius 1 is 0.404 bits per heavy atom. The quantitative estimate of drug-likeness (QED) is 0.176. The standard InChI is InChI=1S/C51H30N4OS/c1-3-13-31(14-4-1)32-25-27-33(28-26-32)49-52-50(54-51(53-49)40-20-12-24-44-46(40)37-18-8-10-23-43(37)57-44)39-19-11-22-42-45(39)38-30-29-36-35-17-7-9-21-41(35)55(47(36)48(38)56-42)34-15-5-2-6-16-34/h1-30H. The van der Waals surface area contributed by atoms with Crippen molar-refractivity contribution in [2.24, 2.45) is 0 Å². The first-order valence-corrected chi connectivity index (χ1v) is 19.8. The lowest BCUT2D eigenvalue weighted by molar-refractivity contribution is 0.671. The second-order valence-electron chi connectivity index (χ2n) is 14.3. The van der Waals surface area contributed by atoms with Crippen LogP contribution in [0, 0.1) is 0 Å². The zero-order valence-corrected chi connectivity index (χ0v) is 31.2. The highest BCUT2D eigenvalue weighted by atomic mass is 32.1. The van der Waals surface area contributed by atoms with Crippen LogP contribution in [0.5, 0.6) is 0 Å². The SMILES string of the molecule is c1ccc(-c2ccc(-c3nc(-c4cccc5oc6c(ccc7c8ccccc8n(-c8ccccc8)c76)c45)nc(-c4cccc5sc6ccccc6c45)n3)cc2)cc1. The molecule has 4 aromatic heterocycles. The van der Waals surface area contributed by atoms with E-state index in [2.05, 4.69) is 168 Å². The molecule has 0 radical (unpaired) electrons. The molecule has 0 fully saturated rings. The van der Waals surface area contributed by atoms with Gasteiger partial charge in [0.2, 0.25) is 0 Å². The summed E-state index contributed by atoms with van der Waals surface area (Å²) in [5, 5.41) is 6.66. The van der Waals surface area contributed by atoms with Crippen LogP contribution < -0.4 is 0 Å². The molecule has 0 aliphatic heterocycles. The Kier molecular flexibility index (Phi) is 7.03. The van der Waals surface area contributed by atoms with Gasteiger partial charge in [0.15, 0.2) is 23.1 Å². The van der Waals surface area contributed by atoms with Crippen molar-refractivity contribution in [1.82, 2.24) is 19.5 Å². The summed E-state index contributed by atoms with van der Waals surface area (Å²) in [4.78, 5) is 15.8. The maximum absolute atomic E-state index is 6.91. The van der Waals surface area contributed by atoms with Crippen LogP contribution in [0.15, 0.2) is 186 Å². The lowest BCUT2D eigenvalue weighted by Crippen LogP contribution is -2.00. The molecule has 6 heteroatoms. The van der Waals surface area contributed by atoms with Crippen LogP contribution >= 0.6 is 11.3 Å². The van der Waals surface area contributed by atoms with Gasteiger partial charge in [-0.15, -0.1) is 11.3 Å². The number of fused-ring (bicyclic) bond motifs is 10. The van der Waals surface area contributed by atoms with Gasteiger partial charge in [0.05, 0.1) is 11.0 Å². The molecular formula is C51H30N4OS. The number of thiophene rings is 1. The highest BCUT2D eigenvalue weighted by molar-refractivity contribution is 7.25. The van der Waals surface area contributed by atoms with E-state index in [1.165, 1.54) is 20.2 Å². The summed E-state index contributed by atoms with van der Waals surface area (Å²) >= 11 is 1.79. The van der Waals surface area contributed by atoms with Gasteiger partial charge in [0.1, 0.15) is 5.58 Å². The molecule has 0 bridgehead atoms. The van der Waals surface area contributed by atoms with Gasteiger partial charge in [-0.05, 0) is 53.6 Å². The average molecular weight is 747 g/mol. The first-order chi connectivity index (χ1) is 28.3. The predicted octanol–water partition coefficient (Wildman–Crippen LogP) is 13.9. The van der Waals surface area contributed by atoms with E-state index in [1.54, 1.807) is 11.3 Å². The van der Waals surface area contributed by atoms with Crippen molar-refractivity contribution in [3.8, 4) is 51.0 Å². The van der Waals surface area contributed by atoms with Crippen molar-refractivity contribution in [3.63, 3.8) is 0 Å². The van der Waals surface area contributed by atoms with Gasteiger partial charge in [-0.3, -0.25) is 0 Å². The molecule has 0 atom stereocenters. The number of nitrogens with zero attached hydrogens (tertiary/aromatic N) is 4. The van der Waals surface area contributed by atoms with Gasteiger partial charge < -0.3 is 8.98 Å². The summed E-state index contributed by atoms with van der Waals surface area (Å²) in [6.07, 6.45) is 0. The third-order valence-corrected chi connectivity index (χ3v) is 12.2. The Bertz CT molecular complexity index is 3510. The smallest absolute Gasteiger partial charge is 0.164 e. The van der Waals surface area contributed by atoms with Crippen LogP contribution in [0.2, 0.25) is 0 Å². The molecule has 12 aromatic rings. The Balaban J connectivity index is 1.12. The first-order valence-electron chi connectivity index (χ1n) is 19.0. The van der Waals surface area contributed by atoms with Crippen molar-refractivity contribution in [2.45, 2.75) is 0 Å². The van der Waals surface area contributed by atoms with Crippen molar-refractivity contribution in [1.29, 1.82) is 0 Å². The van der Waals surface area contributed by atoms with Crippen LogP contribution in [-0.2, 0) is 0 Å². The molecule has 57 heavy (non-hydrogen) atoms. The largest absolute Gasteiger partial charge is 0.454 e.